The topological polar surface area (TPSA) is 88.5 Å². The molecule has 0 radical (unpaired) electrons. The van der Waals surface area contributed by atoms with Crippen molar-refractivity contribution in [3.8, 4) is 0 Å². The van der Waals surface area contributed by atoms with Gasteiger partial charge in [-0.2, -0.15) is 4.31 Å². The lowest BCUT2D eigenvalue weighted by Crippen LogP contribution is -2.33. The maximum Gasteiger partial charge on any atom is 0.251 e. The van der Waals surface area contributed by atoms with E-state index in [1.165, 1.54) is 16.6 Å². The molecule has 2 aromatic rings. The first kappa shape index (κ1) is 21.3. The summed E-state index contributed by atoms with van der Waals surface area (Å²) in [5.74, 6) is -0.431. The Morgan fingerprint density at radius 1 is 1.19 bits per heavy atom. The zero-order valence-electron chi connectivity index (χ0n) is 15.4. The van der Waals surface area contributed by atoms with Crippen molar-refractivity contribution in [2.45, 2.75) is 32.2 Å². The minimum Gasteiger partial charge on any atom is -0.324 e. The minimum atomic E-state index is -3.71. The van der Waals surface area contributed by atoms with E-state index in [0.717, 1.165) is 20.7 Å². The summed E-state index contributed by atoms with van der Waals surface area (Å²) in [7, 11) is -3.71. The van der Waals surface area contributed by atoms with Crippen molar-refractivity contribution in [3.05, 3.63) is 56.9 Å². The van der Waals surface area contributed by atoms with Gasteiger partial charge in [-0.3, -0.25) is 9.59 Å². The summed E-state index contributed by atoms with van der Waals surface area (Å²) in [5, 5.41) is 2.71. The highest BCUT2D eigenvalue weighted by Gasteiger charge is 2.22. The van der Waals surface area contributed by atoms with Crippen molar-refractivity contribution in [2.24, 2.45) is 0 Å². The lowest BCUT2D eigenvalue weighted by atomic mass is 10.2. The number of pyridine rings is 1. The van der Waals surface area contributed by atoms with Crippen molar-refractivity contribution < 1.29 is 13.2 Å². The summed E-state index contributed by atoms with van der Waals surface area (Å²) >= 11 is 3.38. The summed E-state index contributed by atoms with van der Waals surface area (Å²) in [5.41, 5.74) is 1.16. The molecule has 0 bridgehead atoms. The van der Waals surface area contributed by atoms with E-state index in [-0.39, 0.29) is 11.4 Å². The lowest BCUT2D eigenvalue weighted by Gasteiger charge is -2.19. The second-order valence-electron chi connectivity index (χ2n) is 5.95. The highest BCUT2D eigenvalue weighted by Crippen LogP contribution is 2.23. The number of carbonyl (C=O) groups excluding carboxylic acids is 1. The molecule has 0 saturated carbocycles. The number of hydrogen-bond donors (Lipinski definition) is 1. The molecular formula is C18H22BrN3O4S. The van der Waals surface area contributed by atoms with Gasteiger partial charge >= 0.3 is 0 Å². The third kappa shape index (κ3) is 5.06. The van der Waals surface area contributed by atoms with Crippen LogP contribution in [-0.4, -0.2) is 36.3 Å². The first-order valence-corrected chi connectivity index (χ1v) is 10.7. The van der Waals surface area contributed by atoms with E-state index < -0.39 is 21.5 Å². The maximum absolute atomic E-state index is 12.6. The quantitative estimate of drug-likeness (QED) is 0.694. The fraction of sp³-hybridized carbons (Fsp3) is 0.333. The number of nitrogens with one attached hydrogen (secondary N) is 1. The van der Waals surface area contributed by atoms with Crippen LogP contribution in [0.4, 0.5) is 5.69 Å². The molecule has 27 heavy (non-hydrogen) atoms. The molecule has 7 nitrogen and oxygen atoms in total. The van der Waals surface area contributed by atoms with Crippen LogP contribution in [0.5, 0.6) is 0 Å². The maximum atomic E-state index is 12.6. The Labute approximate surface area is 167 Å². The van der Waals surface area contributed by atoms with Gasteiger partial charge < -0.3 is 9.88 Å². The number of benzene rings is 1. The first-order valence-electron chi connectivity index (χ1n) is 8.45. The van der Waals surface area contributed by atoms with Gasteiger partial charge in [0.15, 0.2) is 0 Å². The van der Waals surface area contributed by atoms with Crippen molar-refractivity contribution in [1.29, 1.82) is 0 Å². The number of rotatable bonds is 7. The Morgan fingerprint density at radius 3 is 2.44 bits per heavy atom. The summed E-state index contributed by atoms with van der Waals surface area (Å²) in [6.07, 6.45) is 1.21. The number of nitrogens with zero attached hydrogens (tertiary/aromatic N) is 2. The Morgan fingerprint density at radius 2 is 1.85 bits per heavy atom. The SMILES string of the molecule is CCN(CC)S(=O)(=O)c1ccc(=O)n(CC(=O)Nc2ccc(C)cc2Br)c1. The fourth-order valence-electron chi connectivity index (χ4n) is 2.56. The molecule has 1 amide bonds. The number of aromatic nitrogens is 1. The van der Waals surface area contributed by atoms with Crippen molar-refractivity contribution in [2.75, 3.05) is 18.4 Å². The molecule has 0 aliphatic rings. The number of sulfonamides is 1. The van der Waals surface area contributed by atoms with Gasteiger partial charge in [0.1, 0.15) is 6.54 Å². The second-order valence-corrected chi connectivity index (χ2v) is 8.74. The molecule has 1 aromatic carbocycles. The van der Waals surface area contributed by atoms with Gasteiger partial charge in [0.2, 0.25) is 15.9 Å². The highest BCUT2D eigenvalue weighted by molar-refractivity contribution is 9.10. The predicted molar refractivity (Wildman–Crippen MR) is 108 cm³/mol. The van der Waals surface area contributed by atoms with Crippen LogP contribution in [0.1, 0.15) is 19.4 Å². The number of halogens is 1. The van der Waals surface area contributed by atoms with Gasteiger partial charge in [-0.25, -0.2) is 8.42 Å². The smallest absolute Gasteiger partial charge is 0.251 e. The number of hydrogen-bond acceptors (Lipinski definition) is 4. The van der Waals surface area contributed by atoms with Gasteiger partial charge in [-0.05, 0) is 46.6 Å². The first-order chi connectivity index (χ1) is 12.7. The molecule has 0 fully saturated rings. The van der Waals surface area contributed by atoms with Gasteiger partial charge in [0.25, 0.3) is 5.56 Å². The Hall–Kier alpha value is -1.97. The molecule has 0 unspecified atom stereocenters. The van der Waals surface area contributed by atoms with Crippen LogP contribution in [0.3, 0.4) is 0 Å². The van der Waals surface area contributed by atoms with E-state index in [4.69, 9.17) is 0 Å². The molecule has 0 aliphatic carbocycles. The molecule has 1 N–H and O–H groups in total. The zero-order chi connectivity index (χ0) is 20.2. The van der Waals surface area contributed by atoms with E-state index in [1.807, 2.05) is 19.1 Å². The summed E-state index contributed by atoms with van der Waals surface area (Å²) < 4.78 is 28.3. The van der Waals surface area contributed by atoms with E-state index in [0.29, 0.717) is 18.8 Å². The zero-order valence-corrected chi connectivity index (χ0v) is 17.8. The van der Waals surface area contributed by atoms with Crippen molar-refractivity contribution in [1.82, 2.24) is 8.87 Å². The van der Waals surface area contributed by atoms with E-state index in [2.05, 4.69) is 21.2 Å². The number of amides is 1. The van der Waals surface area contributed by atoms with Crippen LogP contribution in [0.2, 0.25) is 0 Å². The largest absolute Gasteiger partial charge is 0.324 e. The van der Waals surface area contributed by atoms with Crippen LogP contribution < -0.4 is 10.9 Å². The van der Waals surface area contributed by atoms with E-state index in [9.17, 15) is 18.0 Å². The molecule has 2 rings (SSSR count). The van der Waals surface area contributed by atoms with E-state index >= 15 is 0 Å². The van der Waals surface area contributed by atoms with Gasteiger partial charge in [0.05, 0.1) is 10.6 Å². The summed E-state index contributed by atoms with van der Waals surface area (Å²) in [4.78, 5) is 24.4. The second kappa shape index (κ2) is 8.81. The average molecular weight is 456 g/mol. The van der Waals surface area contributed by atoms with Crippen LogP contribution in [-0.2, 0) is 21.4 Å². The minimum absolute atomic E-state index is 0.0184. The third-order valence-electron chi connectivity index (χ3n) is 4.01. The predicted octanol–water partition coefficient (Wildman–Crippen LogP) is 2.59. The molecule has 0 saturated heterocycles. The molecule has 1 aromatic heterocycles. The Bertz CT molecular complexity index is 998. The van der Waals surface area contributed by atoms with Gasteiger partial charge in [-0.1, -0.05) is 19.9 Å². The third-order valence-corrected chi connectivity index (χ3v) is 6.70. The molecule has 0 atom stereocenters. The lowest BCUT2D eigenvalue weighted by molar-refractivity contribution is -0.116. The standard InChI is InChI=1S/C18H22BrN3O4S/c1-4-22(5-2)27(25,26)14-7-9-18(24)21(11-14)12-17(23)20-16-8-6-13(3)10-15(16)19/h6-11H,4-5,12H2,1-3H3,(H,20,23). The molecular weight excluding hydrogens is 434 g/mol. The average Bonchev–Trinajstić information content (AvgIpc) is 2.60. The fourth-order valence-corrected chi connectivity index (χ4v) is 4.63. The van der Waals surface area contributed by atoms with Crippen LogP contribution in [0, 0.1) is 6.92 Å². The van der Waals surface area contributed by atoms with Crippen molar-refractivity contribution in [3.63, 3.8) is 0 Å². The Balaban J connectivity index is 2.26. The monoisotopic (exact) mass is 455 g/mol. The van der Waals surface area contributed by atoms with Crippen LogP contribution >= 0.6 is 15.9 Å². The normalized spacial score (nSPS) is 11.6. The summed E-state index contributed by atoms with van der Waals surface area (Å²) in [6, 6.07) is 7.89. The molecule has 1 heterocycles. The molecule has 0 spiro atoms. The van der Waals surface area contributed by atoms with Gasteiger partial charge in [0, 0.05) is 29.8 Å². The van der Waals surface area contributed by atoms with Crippen molar-refractivity contribution >= 4 is 37.5 Å². The number of aryl methyl sites for hydroxylation is 1. The highest BCUT2D eigenvalue weighted by atomic mass is 79.9. The van der Waals surface area contributed by atoms with E-state index in [1.54, 1.807) is 19.9 Å². The molecule has 0 aliphatic heterocycles. The molecule has 9 heteroatoms. The number of carbonyl (C=O) groups is 1. The van der Waals surface area contributed by atoms with Gasteiger partial charge in [-0.15, -0.1) is 0 Å². The summed E-state index contributed by atoms with van der Waals surface area (Å²) in [6.45, 7) is 5.76. The Kier molecular flexibility index (Phi) is 6.96. The van der Waals surface area contributed by atoms with Crippen LogP contribution in [0.25, 0.3) is 0 Å². The molecule has 146 valence electrons. The van der Waals surface area contributed by atoms with Crippen LogP contribution in [0.15, 0.2) is 50.7 Å². The number of anilines is 1.